The third-order valence-electron chi connectivity index (χ3n) is 13.4. The molecule has 76 heavy (non-hydrogen) atoms. The third kappa shape index (κ3) is 9.08. The van der Waals surface area contributed by atoms with Gasteiger partial charge in [-0.25, -0.2) is 4.98 Å². The van der Waals surface area contributed by atoms with Gasteiger partial charge in [0.1, 0.15) is 33.4 Å². The first-order chi connectivity index (χ1) is 37.7. The lowest BCUT2D eigenvalue weighted by molar-refractivity contribution is 0.654. The van der Waals surface area contributed by atoms with Crippen LogP contribution in [0.4, 0.5) is 0 Å². The number of fused-ring (bicyclic) bond motifs is 12. The van der Waals surface area contributed by atoms with Gasteiger partial charge in [0.25, 0.3) is 0 Å². The number of rotatable bonds is 4. The number of nitrogens with zero attached hydrogens (tertiary/aromatic N) is 4. The zero-order valence-corrected chi connectivity index (χ0v) is 40.8. The van der Waals surface area contributed by atoms with Crippen molar-refractivity contribution in [3.63, 3.8) is 0 Å². The summed E-state index contributed by atoms with van der Waals surface area (Å²) in [7, 11) is 0. The molecule has 8 heteroatoms. The lowest BCUT2D eigenvalue weighted by Gasteiger charge is -2.00. The first kappa shape index (κ1) is 45.4. The summed E-state index contributed by atoms with van der Waals surface area (Å²) in [6, 6.07) is 78.2. The highest BCUT2D eigenvalue weighted by Gasteiger charge is 2.12. The first-order valence-electron chi connectivity index (χ1n) is 25.0. The first-order valence-corrected chi connectivity index (χ1v) is 25.0. The van der Waals surface area contributed by atoms with Crippen LogP contribution in [0, 0.1) is 0 Å². The van der Waals surface area contributed by atoms with Gasteiger partial charge in [0, 0.05) is 68.7 Å². The maximum Gasteiger partial charge on any atom is 0.227 e. The molecule has 0 bridgehead atoms. The molecule has 0 radical (unpaired) electrons. The van der Waals surface area contributed by atoms with Crippen LogP contribution in [0.3, 0.4) is 0 Å². The molecule has 8 aromatic carbocycles. The maximum absolute atomic E-state index is 5.80. The molecule has 0 aliphatic heterocycles. The molecule has 0 saturated carbocycles. The molecule has 16 aromatic rings. The Kier molecular flexibility index (Phi) is 12.1. The highest BCUT2D eigenvalue weighted by atomic mass is 16.3. The predicted octanol–water partition coefficient (Wildman–Crippen LogP) is 18.6. The molecule has 0 fully saturated rings. The quantitative estimate of drug-likeness (QED) is 0.172. The fourth-order valence-electron chi connectivity index (χ4n) is 9.70. The normalized spacial score (nSPS) is 11.2. The summed E-state index contributed by atoms with van der Waals surface area (Å²) in [6.07, 6.45) is 10.7. The summed E-state index contributed by atoms with van der Waals surface area (Å²) in [5.74, 6) is 0. The molecule has 8 heterocycles. The molecule has 0 amide bonds. The Bertz CT molecular complexity index is 4050. The Balaban J connectivity index is 0.0000000970. The van der Waals surface area contributed by atoms with Gasteiger partial charge in [-0.1, -0.05) is 146 Å². The van der Waals surface area contributed by atoms with E-state index in [0.717, 1.165) is 82.3 Å². The average molecular weight is 981 g/mol. The minimum Gasteiger partial charge on any atom is -0.456 e. The SMILES string of the molecule is c1ccc(-c2ccc3oc4cccnc4c3c2)cc1.c1ccc(-c2ccc3oc4ccncc4c3c2)cc1.c1ccc(-c2ccc3oc4cnccc4c3c2)cc1.c1ccc(-c2ccc3oc4ncccc4c3c2)cc1. The predicted molar refractivity (Wildman–Crippen MR) is 308 cm³/mol. The molecular weight excluding hydrogens is 937 g/mol. The smallest absolute Gasteiger partial charge is 0.227 e. The van der Waals surface area contributed by atoms with Gasteiger partial charge in [-0.2, -0.15) is 0 Å². The van der Waals surface area contributed by atoms with E-state index in [1.54, 1.807) is 31.0 Å². The molecule has 0 N–H and O–H groups in total. The number of hydrogen-bond donors (Lipinski definition) is 0. The summed E-state index contributed by atoms with van der Waals surface area (Å²) in [4.78, 5) is 16.9. The van der Waals surface area contributed by atoms with Crippen molar-refractivity contribution in [3.8, 4) is 44.5 Å². The van der Waals surface area contributed by atoms with E-state index in [4.69, 9.17) is 17.7 Å². The summed E-state index contributed by atoms with van der Waals surface area (Å²) in [6.45, 7) is 0. The van der Waals surface area contributed by atoms with Gasteiger partial charge >= 0.3 is 0 Å². The van der Waals surface area contributed by atoms with E-state index in [1.165, 1.54) is 44.5 Å². The van der Waals surface area contributed by atoms with Crippen molar-refractivity contribution in [1.82, 2.24) is 19.9 Å². The summed E-state index contributed by atoms with van der Waals surface area (Å²) < 4.78 is 23.1. The molecule has 8 aromatic heterocycles. The topological polar surface area (TPSA) is 104 Å². The van der Waals surface area contributed by atoms with E-state index in [9.17, 15) is 0 Å². The van der Waals surface area contributed by atoms with Gasteiger partial charge in [0.15, 0.2) is 11.2 Å². The van der Waals surface area contributed by atoms with Crippen LogP contribution >= 0.6 is 0 Å². The maximum atomic E-state index is 5.80. The van der Waals surface area contributed by atoms with Gasteiger partial charge < -0.3 is 17.7 Å². The number of hydrogen-bond acceptors (Lipinski definition) is 8. The lowest BCUT2D eigenvalue weighted by Crippen LogP contribution is -1.77. The molecule has 0 unspecified atom stereocenters. The largest absolute Gasteiger partial charge is 0.456 e. The molecule has 8 nitrogen and oxygen atoms in total. The summed E-state index contributed by atoms with van der Waals surface area (Å²) in [5, 5.41) is 7.68. The van der Waals surface area contributed by atoms with Crippen LogP contribution in [0.2, 0.25) is 0 Å². The van der Waals surface area contributed by atoms with Crippen LogP contribution in [0.1, 0.15) is 0 Å². The highest BCUT2D eigenvalue weighted by Crippen LogP contribution is 2.35. The average Bonchev–Trinajstić information content (AvgIpc) is 4.29. The Morgan fingerprint density at radius 3 is 1.22 bits per heavy atom. The van der Waals surface area contributed by atoms with Gasteiger partial charge in [0.05, 0.1) is 6.20 Å². The monoisotopic (exact) mass is 980 g/mol. The van der Waals surface area contributed by atoms with Crippen LogP contribution in [0.5, 0.6) is 0 Å². The number of benzene rings is 8. The van der Waals surface area contributed by atoms with Gasteiger partial charge in [0.2, 0.25) is 5.71 Å². The van der Waals surface area contributed by atoms with Crippen molar-refractivity contribution < 1.29 is 17.7 Å². The second-order valence-corrected chi connectivity index (χ2v) is 18.2. The van der Waals surface area contributed by atoms with Crippen molar-refractivity contribution in [2.24, 2.45) is 0 Å². The zero-order valence-electron chi connectivity index (χ0n) is 40.8. The molecular formula is C68H44N4O4. The Labute approximate surface area is 435 Å². The van der Waals surface area contributed by atoms with E-state index >= 15 is 0 Å². The van der Waals surface area contributed by atoms with Gasteiger partial charge in [-0.15, -0.1) is 0 Å². The van der Waals surface area contributed by atoms with Gasteiger partial charge in [-0.3, -0.25) is 15.0 Å². The molecule has 0 saturated heterocycles. The molecule has 16 rings (SSSR count). The van der Waals surface area contributed by atoms with Crippen molar-refractivity contribution in [1.29, 1.82) is 0 Å². The van der Waals surface area contributed by atoms with Crippen molar-refractivity contribution in [3.05, 3.63) is 268 Å². The van der Waals surface area contributed by atoms with Crippen molar-refractivity contribution in [2.45, 2.75) is 0 Å². The fraction of sp³-hybridized carbons (Fsp3) is 0. The second-order valence-electron chi connectivity index (χ2n) is 18.2. The molecule has 0 atom stereocenters. The van der Waals surface area contributed by atoms with Crippen LogP contribution in [0.15, 0.2) is 285 Å². The molecule has 0 aliphatic rings. The minimum atomic E-state index is 0.697. The Hall–Kier alpha value is -10.4. The van der Waals surface area contributed by atoms with Crippen LogP contribution in [-0.2, 0) is 0 Å². The van der Waals surface area contributed by atoms with Crippen LogP contribution in [0.25, 0.3) is 133 Å². The van der Waals surface area contributed by atoms with E-state index in [0.29, 0.717) is 5.71 Å². The molecule has 360 valence electrons. The lowest BCUT2D eigenvalue weighted by atomic mass is 10.0. The standard InChI is InChI=1S/4C17H11NO/c1-2-5-12(6-3-1)13-8-9-15-14(11-13)17-16(19-15)7-4-10-18-17;1-2-5-12(6-3-1)13-8-9-16-15(11-13)14-7-4-10-18-17(14)19-16;1-2-4-12(5-3-1)13-6-7-16-14(10-13)15-11-18-9-8-17(15)19-16;1-2-4-12(5-3-1)13-6-7-16-15(10-13)14-8-9-18-11-17(14)19-16/h4*1-11H. The van der Waals surface area contributed by atoms with E-state index in [1.807, 2.05) is 103 Å². The molecule has 0 aliphatic carbocycles. The van der Waals surface area contributed by atoms with Crippen molar-refractivity contribution >= 4 is 88.0 Å². The van der Waals surface area contributed by atoms with E-state index in [2.05, 4.69) is 153 Å². The van der Waals surface area contributed by atoms with Crippen LogP contribution < -0.4 is 0 Å². The minimum absolute atomic E-state index is 0.697. The third-order valence-corrected chi connectivity index (χ3v) is 13.4. The van der Waals surface area contributed by atoms with Crippen molar-refractivity contribution in [2.75, 3.05) is 0 Å². The second kappa shape index (κ2) is 20.2. The van der Waals surface area contributed by atoms with E-state index in [-0.39, 0.29) is 0 Å². The Morgan fingerprint density at radius 2 is 0.645 bits per heavy atom. The summed E-state index contributed by atoms with van der Waals surface area (Å²) >= 11 is 0. The van der Waals surface area contributed by atoms with Crippen LogP contribution in [-0.4, -0.2) is 19.9 Å². The highest BCUT2D eigenvalue weighted by molar-refractivity contribution is 6.08. The van der Waals surface area contributed by atoms with E-state index < -0.39 is 0 Å². The number of aromatic nitrogens is 4. The van der Waals surface area contributed by atoms with Gasteiger partial charge in [-0.05, 0) is 129 Å². The number of pyridine rings is 4. The fourth-order valence-corrected chi connectivity index (χ4v) is 9.70. The molecule has 0 spiro atoms. The summed E-state index contributed by atoms with van der Waals surface area (Å²) in [5.41, 5.74) is 17.4. The number of furan rings is 4. The Morgan fingerprint density at radius 1 is 0.224 bits per heavy atom. The zero-order chi connectivity index (χ0) is 50.6.